The molecule has 6 heteroatoms. The predicted molar refractivity (Wildman–Crippen MR) is 87.0 cm³/mol. The lowest BCUT2D eigenvalue weighted by Crippen LogP contribution is -2.51. The Morgan fingerprint density at radius 2 is 2.16 bits per heavy atom. The fraction of sp³-hybridized carbons (Fsp3) is 0.462. The predicted octanol–water partition coefficient (Wildman–Crippen LogP) is 2.58. The molecule has 1 aliphatic rings. The molecule has 0 aliphatic carbocycles. The molecule has 2 heterocycles. The molecular weight excluding hydrogens is 298 g/mol. The highest BCUT2D eigenvalue weighted by Crippen LogP contribution is 2.23. The number of rotatable bonds is 4. The zero-order valence-electron chi connectivity index (χ0n) is 10.8. The van der Waals surface area contributed by atoms with Gasteiger partial charge in [-0.25, -0.2) is 0 Å². The molecule has 1 N–H and O–H groups in total. The summed E-state index contributed by atoms with van der Waals surface area (Å²) in [5.74, 6) is 0. The van der Waals surface area contributed by atoms with Crippen molar-refractivity contribution in [2.24, 2.45) is 0 Å². The normalized spacial score (nSPS) is 16.4. The summed E-state index contributed by atoms with van der Waals surface area (Å²) in [6, 6.07) is 4.07. The molecule has 0 saturated carbocycles. The van der Waals surface area contributed by atoms with Crippen LogP contribution in [-0.4, -0.2) is 47.6 Å². The largest absolute Gasteiger partial charge is 0.359 e. The van der Waals surface area contributed by atoms with Crippen molar-refractivity contribution >= 4 is 40.3 Å². The first-order valence-corrected chi connectivity index (χ1v) is 7.89. The third kappa shape index (κ3) is 4.45. The van der Waals surface area contributed by atoms with Gasteiger partial charge in [0.2, 0.25) is 0 Å². The summed E-state index contributed by atoms with van der Waals surface area (Å²) in [5, 5.41) is 4.01. The van der Waals surface area contributed by atoms with Gasteiger partial charge in [0, 0.05) is 44.1 Å². The van der Waals surface area contributed by atoms with E-state index in [0.717, 1.165) is 48.7 Å². The van der Waals surface area contributed by atoms with Crippen LogP contribution in [-0.2, 0) is 6.54 Å². The Kier molecular flexibility index (Phi) is 5.63. The van der Waals surface area contributed by atoms with Crippen molar-refractivity contribution in [3.05, 3.63) is 34.0 Å². The molecular formula is C13H18ClN3S2. The molecule has 0 amide bonds. The lowest BCUT2D eigenvalue weighted by molar-refractivity contribution is 0.176. The van der Waals surface area contributed by atoms with Crippen LogP contribution in [0.15, 0.2) is 24.8 Å². The van der Waals surface area contributed by atoms with E-state index >= 15 is 0 Å². The van der Waals surface area contributed by atoms with Crippen molar-refractivity contribution in [3.63, 3.8) is 0 Å². The number of thiocarbonyl (C=S) groups is 1. The zero-order chi connectivity index (χ0) is 13.7. The first-order chi connectivity index (χ1) is 9.19. The Morgan fingerprint density at radius 3 is 2.74 bits per heavy atom. The summed E-state index contributed by atoms with van der Waals surface area (Å²) < 4.78 is 0.864. The van der Waals surface area contributed by atoms with Crippen LogP contribution in [0.4, 0.5) is 0 Å². The lowest BCUT2D eigenvalue weighted by Gasteiger charge is -2.35. The van der Waals surface area contributed by atoms with Crippen molar-refractivity contribution in [1.82, 2.24) is 15.1 Å². The quantitative estimate of drug-likeness (QED) is 0.679. The van der Waals surface area contributed by atoms with E-state index in [2.05, 4.69) is 27.8 Å². The third-order valence-corrected chi connectivity index (χ3v) is 4.68. The molecule has 0 bridgehead atoms. The molecule has 3 nitrogen and oxygen atoms in total. The highest BCUT2D eigenvalue weighted by Gasteiger charge is 2.18. The Hall–Kier alpha value is -0.620. The van der Waals surface area contributed by atoms with E-state index in [0.29, 0.717) is 0 Å². The zero-order valence-corrected chi connectivity index (χ0v) is 13.2. The summed E-state index contributed by atoms with van der Waals surface area (Å²) in [6.45, 7) is 9.41. The first-order valence-electron chi connectivity index (χ1n) is 6.29. The molecule has 0 radical (unpaired) electrons. The Morgan fingerprint density at radius 1 is 1.42 bits per heavy atom. The minimum absolute atomic E-state index is 0.729. The molecule has 19 heavy (non-hydrogen) atoms. The second-order valence-electron chi connectivity index (χ2n) is 4.44. The van der Waals surface area contributed by atoms with Crippen LogP contribution < -0.4 is 5.32 Å². The van der Waals surface area contributed by atoms with E-state index in [4.69, 9.17) is 23.8 Å². The second kappa shape index (κ2) is 7.24. The summed E-state index contributed by atoms with van der Waals surface area (Å²) in [5.41, 5.74) is 0. The molecule has 0 unspecified atom stereocenters. The van der Waals surface area contributed by atoms with Gasteiger partial charge in [0.05, 0.1) is 4.34 Å². The molecule has 0 atom stereocenters. The SMILES string of the molecule is C=CCNC(=S)N1CCN(Cc2ccc(Cl)s2)CC1. The Balaban J connectivity index is 1.76. The van der Waals surface area contributed by atoms with E-state index in [1.807, 2.05) is 12.1 Å². The molecule has 0 spiro atoms. The third-order valence-electron chi connectivity index (χ3n) is 3.07. The molecule has 104 valence electrons. The average Bonchev–Trinajstić information content (AvgIpc) is 2.82. The number of nitrogens with one attached hydrogen (secondary N) is 1. The molecule has 1 saturated heterocycles. The average molecular weight is 316 g/mol. The molecule has 2 rings (SSSR count). The van der Waals surface area contributed by atoms with Crippen molar-refractivity contribution < 1.29 is 0 Å². The van der Waals surface area contributed by atoms with Gasteiger partial charge in [-0.1, -0.05) is 17.7 Å². The highest BCUT2D eigenvalue weighted by molar-refractivity contribution is 7.80. The second-order valence-corrected chi connectivity index (χ2v) is 6.63. The molecule has 1 aliphatic heterocycles. The van der Waals surface area contributed by atoms with E-state index in [1.54, 1.807) is 11.3 Å². The van der Waals surface area contributed by atoms with Crippen molar-refractivity contribution in [1.29, 1.82) is 0 Å². The maximum absolute atomic E-state index is 5.95. The maximum Gasteiger partial charge on any atom is 0.169 e. The molecule has 1 aromatic heterocycles. The van der Waals surface area contributed by atoms with Crippen molar-refractivity contribution in [3.8, 4) is 0 Å². The van der Waals surface area contributed by atoms with Gasteiger partial charge in [-0.05, 0) is 24.4 Å². The fourth-order valence-electron chi connectivity index (χ4n) is 2.04. The van der Waals surface area contributed by atoms with Crippen LogP contribution in [0.1, 0.15) is 4.88 Å². The van der Waals surface area contributed by atoms with Gasteiger partial charge >= 0.3 is 0 Å². The first kappa shape index (κ1) is 14.8. The number of halogens is 1. The van der Waals surface area contributed by atoms with Gasteiger partial charge in [0.1, 0.15) is 0 Å². The highest BCUT2D eigenvalue weighted by atomic mass is 35.5. The van der Waals surface area contributed by atoms with Crippen LogP contribution in [0.5, 0.6) is 0 Å². The standard InChI is InChI=1S/C13H18ClN3S2/c1-2-5-15-13(18)17-8-6-16(7-9-17)10-11-3-4-12(14)19-11/h2-4H,1,5-10H2,(H,15,18). The number of hydrogen-bond acceptors (Lipinski definition) is 3. The molecule has 0 aromatic carbocycles. The number of piperazine rings is 1. The van der Waals surface area contributed by atoms with Crippen LogP contribution in [0, 0.1) is 0 Å². The van der Waals surface area contributed by atoms with E-state index in [9.17, 15) is 0 Å². The smallest absolute Gasteiger partial charge is 0.169 e. The maximum atomic E-state index is 5.95. The topological polar surface area (TPSA) is 18.5 Å². The minimum atomic E-state index is 0.729. The van der Waals surface area contributed by atoms with Crippen molar-refractivity contribution in [2.75, 3.05) is 32.7 Å². The van der Waals surface area contributed by atoms with Crippen molar-refractivity contribution in [2.45, 2.75) is 6.54 Å². The number of nitrogens with zero attached hydrogens (tertiary/aromatic N) is 2. The summed E-state index contributed by atoms with van der Waals surface area (Å²) in [6.07, 6.45) is 1.82. The fourth-order valence-corrected chi connectivity index (χ4v) is 3.43. The minimum Gasteiger partial charge on any atom is -0.359 e. The van der Waals surface area contributed by atoms with E-state index in [1.165, 1.54) is 4.88 Å². The van der Waals surface area contributed by atoms with Crippen LogP contribution in [0.3, 0.4) is 0 Å². The van der Waals surface area contributed by atoms with E-state index in [-0.39, 0.29) is 0 Å². The number of hydrogen-bond donors (Lipinski definition) is 1. The number of thiophene rings is 1. The summed E-state index contributed by atoms with van der Waals surface area (Å²) in [4.78, 5) is 5.98. The van der Waals surface area contributed by atoms with Crippen LogP contribution in [0.25, 0.3) is 0 Å². The van der Waals surface area contributed by atoms with Crippen LogP contribution >= 0.6 is 35.2 Å². The van der Waals surface area contributed by atoms with Gasteiger partial charge in [-0.2, -0.15) is 0 Å². The molecule has 1 aromatic rings. The van der Waals surface area contributed by atoms with Gasteiger partial charge in [-0.15, -0.1) is 17.9 Å². The van der Waals surface area contributed by atoms with Gasteiger partial charge in [0.15, 0.2) is 5.11 Å². The lowest BCUT2D eigenvalue weighted by atomic mass is 10.3. The van der Waals surface area contributed by atoms with Gasteiger partial charge < -0.3 is 10.2 Å². The molecule has 1 fully saturated rings. The summed E-state index contributed by atoms with van der Waals surface area (Å²) >= 11 is 13.0. The Labute approximate surface area is 128 Å². The van der Waals surface area contributed by atoms with Gasteiger partial charge in [-0.3, -0.25) is 4.90 Å². The summed E-state index contributed by atoms with van der Waals surface area (Å²) in [7, 11) is 0. The van der Waals surface area contributed by atoms with E-state index < -0.39 is 0 Å². The van der Waals surface area contributed by atoms with Gasteiger partial charge in [0.25, 0.3) is 0 Å². The Bertz CT molecular complexity index is 439. The van der Waals surface area contributed by atoms with Crippen LogP contribution in [0.2, 0.25) is 4.34 Å². The monoisotopic (exact) mass is 315 g/mol.